The van der Waals surface area contributed by atoms with Gasteiger partial charge in [-0.15, -0.1) is 0 Å². The molecule has 2 amide bonds. The lowest BCUT2D eigenvalue weighted by atomic mass is 9.84. The number of carbonyl (C=O) groups excluding carboxylic acids is 3. The van der Waals surface area contributed by atoms with Crippen molar-refractivity contribution in [2.75, 3.05) is 26.8 Å². The molecule has 0 radical (unpaired) electrons. The number of hydrazine groups is 1. The van der Waals surface area contributed by atoms with Gasteiger partial charge in [0.05, 0.1) is 24.1 Å². The predicted octanol–water partition coefficient (Wildman–Crippen LogP) is 6.91. The standard InChI is InChI=1S/C40H51N5O6/c1-26(49-7)35-30(14-11-17-41-35)36-32(23-40(5,6)24-50-25-46)31-22-29(15-16-33(31)43-36)28-13-10-12-27(20-28)21-34(44-38(48)51-39(2,3)4)37(47)45-19-9-8-18-42-45/h10-17,20,22,25-26,34,42-43H,8-9,18-19,21,23-24H2,1-7H3,(H,44,48). The minimum absolute atomic E-state index is 0.199. The van der Waals surface area contributed by atoms with Gasteiger partial charge < -0.3 is 24.5 Å². The summed E-state index contributed by atoms with van der Waals surface area (Å²) in [6, 6.07) is 17.5. The SMILES string of the molecule is COC(C)c1ncccc1-c1[nH]c2ccc(-c3cccc(CC(NC(=O)OC(C)(C)C)C(=O)N4CCCCN4)c3)cc2c1CC(C)(C)COC=O. The highest BCUT2D eigenvalue weighted by molar-refractivity contribution is 5.94. The van der Waals surface area contributed by atoms with Crippen molar-refractivity contribution in [2.45, 2.75) is 85.0 Å². The molecule has 0 bridgehead atoms. The molecule has 1 fully saturated rings. The fourth-order valence-electron chi connectivity index (χ4n) is 6.52. The Labute approximate surface area is 300 Å². The van der Waals surface area contributed by atoms with E-state index in [4.69, 9.17) is 14.2 Å². The number of aromatic nitrogens is 2. The van der Waals surface area contributed by atoms with Crippen molar-refractivity contribution in [3.05, 3.63) is 77.6 Å². The second-order valence-corrected chi connectivity index (χ2v) is 15.0. The van der Waals surface area contributed by atoms with Crippen LogP contribution in [0.5, 0.6) is 0 Å². The number of fused-ring (bicyclic) bond motifs is 1. The van der Waals surface area contributed by atoms with E-state index in [0.717, 1.165) is 62.9 Å². The first-order valence-electron chi connectivity index (χ1n) is 17.6. The summed E-state index contributed by atoms with van der Waals surface area (Å²) in [6.07, 6.45) is 3.72. The molecular formula is C40H51N5O6. The maximum atomic E-state index is 13.7. The average Bonchev–Trinajstić information content (AvgIpc) is 3.46. The number of rotatable bonds is 13. The molecule has 2 aromatic carbocycles. The van der Waals surface area contributed by atoms with Crippen LogP contribution >= 0.6 is 0 Å². The monoisotopic (exact) mass is 697 g/mol. The summed E-state index contributed by atoms with van der Waals surface area (Å²) in [5, 5.41) is 5.49. The van der Waals surface area contributed by atoms with Gasteiger partial charge in [-0.3, -0.25) is 19.6 Å². The van der Waals surface area contributed by atoms with E-state index in [1.807, 2.05) is 37.3 Å². The fourth-order valence-corrected chi connectivity index (χ4v) is 6.52. The Morgan fingerprint density at radius 3 is 2.53 bits per heavy atom. The predicted molar refractivity (Wildman–Crippen MR) is 198 cm³/mol. The zero-order valence-electron chi connectivity index (χ0n) is 30.8. The fraction of sp³-hybridized carbons (Fsp3) is 0.450. The highest BCUT2D eigenvalue weighted by Gasteiger charge is 2.30. The van der Waals surface area contributed by atoms with Gasteiger partial charge in [0.25, 0.3) is 12.4 Å². The molecule has 3 N–H and O–H groups in total. The summed E-state index contributed by atoms with van der Waals surface area (Å²) < 4.78 is 16.4. The molecular weight excluding hydrogens is 646 g/mol. The van der Waals surface area contributed by atoms with Gasteiger partial charge in [0.2, 0.25) is 0 Å². The summed E-state index contributed by atoms with van der Waals surface area (Å²) in [4.78, 5) is 46.0. The van der Waals surface area contributed by atoms with Crippen LogP contribution in [0, 0.1) is 5.41 Å². The number of amides is 2. The Balaban J connectivity index is 1.53. The number of benzene rings is 2. The third kappa shape index (κ3) is 9.53. The zero-order valence-corrected chi connectivity index (χ0v) is 30.8. The lowest BCUT2D eigenvalue weighted by Gasteiger charge is -2.31. The summed E-state index contributed by atoms with van der Waals surface area (Å²) in [5.41, 5.74) is 9.75. The van der Waals surface area contributed by atoms with Crippen LogP contribution in [0.2, 0.25) is 0 Å². The molecule has 2 atom stereocenters. The number of H-pyrrole nitrogens is 1. The Morgan fingerprint density at radius 2 is 1.82 bits per heavy atom. The van der Waals surface area contributed by atoms with Crippen LogP contribution in [-0.2, 0) is 36.6 Å². The van der Waals surface area contributed by atoms with Gasteiger partial charge in [0.15, 0.2) is 0 Å². The highest BCUT2D eigenvalue weighted by Crippen LogP contribution is 2.39. The normalized spacial score (nSPS) is 14.9. The number of nitrogens with one attached hydrogen (secondary N) is 3. The molecule has 272 valence electrons. The van der Waals surface area contributed by atoms with Gasteiger partial charge >= 0.3 is 6.09 Å². The van der Waals surface area contributed by atoms with E-state index in [-0.39, 0.29) is 30.5 Å². The number of carbonyl (C=O) groups is 3. The molecule has 1 aliphatic rings. The Kier molecular flexibility index (Phi) is 11.8. The average molecular weight is 698 g/mol. The van der Waals surface area contributed by atoms with E-state index >= 15 is 0 Å². The van der Waals surface area contributed by atoms with Crippen molar-refractivity contribution in [2.24, 2.45) is 5.41 Å². The number of alkyl carbamates (subject to hydrolysis) is 1. The molecule has 4 aromatic rings. The van der Waals surface area contributed by atoms with E-state index in [0.29, 0.717) is 26.0 Å². The Morgan fingerprint density at radius 1 is 1.04 bits per heavy atom. The Bertz CT molecular complexity index is 1840. The van der Waals surface area contributed by atoms with E-state index in [1.54, 1.807) is 39.1 Å². The summed E-state index contributed by atoms with van der Waals surface area (Å²) in [5.74, 6) is -0.199. The van der Waals surface area contributed by atoms with Gasteiger partial charge in [-0.2, -0.15) is 0 Å². The number of methoxy groups -OCH3 is 1. The van der Waals surface area contributed by atoms with E-state index in [1.165, 1.54) is 0 Å². The molecule has 51 heavy (non-hydrogen) atoms. The van der Waals surface area contributed by atoms with Gasteiger partial charge in [-0.25, -0.2) is 10.2 Å². The van der Waals surface area contributed by atoms with E-state index in [2.05, 4.69) is 58.8 Å². The lowest BCUT2D eigenvalue weighted by molar-refractivity contribution is -0.137. The smallest absolute Gasteiger partial charge is 0.408 e. The Hall–Kier alpha value is -4.74. The van der Waals surface area contributed by atoms with Crippen LogP contribution in [0.1, 0.15) is 77.3 Å². The molecule has 0 spiro atoms. The molecule has 0 aliphatic carbocycles. The topological polar surface area (TPSA) is 135 Å². The van der Waals surface area contributed by atoms with Gasteiger partial charge in [-0.05, 0) is 93.5 Å². The summed E-state index contributed by atoms with van der Waals surface area (Å²) >= 11 is 0. The van der Waals surface area contributed by atoms with Crippen LogP contribution in [0.3, 0.4) is 0 Å². The molecule has 2 unspecified atom stereocenters. The lowest BCUT2D eigenvalue weighted by Crippen LogP contribution is -2.56. The molecule has 3 heterocycles. The van der Waals surface area contributed by atoms with Crippen LogP contribution in [-0.4, -0.2) is 71.9 Å². The van der Waals surface area contributed by atoms with Crippen LogP contribution in [0.4, 0.5) is 4.79 Å². The van der Waals surface area contributed by atoms with Crippen molar-refractivity contribution < 1.29 is 28.6 Å². The second kappa shape index (κ2) is 16.1. The van der Waals surface area contributed by atoms with Crippen LogP contribution in [0.25, 0.3) is 33.3 Å². The van der Waals surface area contributed by atoms with Crippen molar-refractivity contribution >= 4 is 29.4 Å². The van der Waals surface area contributed by atoms with Gasteiger partial charge in [0, 0.05) is 54.7 Å². The number of ether oxygens (including phenoxy) is 3. The molecule has 5 rings (SSSR count). The van der Waals surface area contributed by atoms with Crippen molar-refractivity contribution in [3.8, 4) is 22.4 Å². The molecule has 11 heteroatoms. The molecule has 1 saturated heterocycles. The first-order chi connectivity index (χ1) is 24.3. The largest absolute Gasteiger partial charge is 0.467 e. The second-order valence-electron chi connectivity index (χ2n) is 15.0. The molecule has 0 saturated carbocycles. The van der Waals surface area contributed by atoms with Crippen LogP contribution in [0.15, 0.2) is 60.8 Å². The molecule has 2 aromatic heterocycles. The minimum atomic E-state index is -0.819. The molecule has 1 aliphatic heterocycles. The third-order valence-corrected chi connectivity index (χ3v) is 9.02. The highest BCUT2D eigenvalue weighted by atomic mass is 16.6. The van der Waals surface area contributed by atoms with Crippen molar-refractivity contribution in [3.63, 3.8) is 0 Å². The number of pyridine rings is 1. The number of aromatic amines is 1. The van der Waals surface area contributed by atoms with E-state index in [9.17, 15) is 14.4 Å². The molecule has 11 nitrogen and oxygen atoms in total. The quantitative estimate of drug-likeness (QED) is 0.128. The van der Waals surface area contributed by atoms with Crippen molar-refractivity contribution in [1.82, 2.24) is 25.7 Å². The number of hydrogen-bond donors (Lipinski definition) is 3. The number of nitrogens with zero attached hydrogens (tertiary/aromatic N) is 2. The summed E-state index contributed by atoms with van der Waals surface area (Å²) in [7, 11) is 1.67. The van der Waals surface area contributed by atoms with Crippen LogP contribution < -0.4 is 10.7 Å². The minimum Gasteiger partial charge on any atom is -0.467 e. The van der Waals surface area contributed by atoms with Gasteiger partial charge in [-0.1, -0.05) is 44.2 Å². The number of hydrogen-bond acceptors (Lipinski definition) is 8. The first-order valence-corrected chi connectivity index (χ1v) is 17.6. The zero-order chi connectivity index (χ0) is 36.8. The van der Waals surface area contributed by atoms with E-state index < -0.39 is 17.7 Å². The maximum absolute atomic E-state index is 13.7. The maximum Gasteiger partial charge on any atom is 0.408 e. The first kappa shape index (κ1) is 37.5. The van der Waals surface area contributed by atoms with Crippen molar-refractivity contribution in [1.29, 1.82) is 0 Å². The third-order valence-electron chi connectivity index (χ3n) is 9.02. The summed E-state index contributed by atoms with van der Waals surface area (Å²) in [6.45, 7) is 13.6. The van der Waals surface area contributed by atoms with Gasteiger partial charge in [0.1, 0.15) is 11.6 Å².